The fraction of sp³-hybridized carbons (Fsp3) is 0.364. The molecular weight excluding hydrogens is 620 g/mol. The minimum atomic E-state index is -0.365. The Labute approximate surface area is 295 Å². The molecule has 4 aromatic carbocycles. The smallest absolute Gasteiger partial charge is 0.344 e. The molecule has 2 aromatic heterocycles. The Kier molecular flexibility index (Phi) is 11.4. The Morgan fingerprint density at radius 1 is 0.440 bits per heavy atom. The zero-order valence-electron chi connectivity index (χ0n) is 30.1. The van der Waals surface area contributed by atoms with Crippen LogP contribution in [0.15, 0.2) is 103 Å². The van der Waals surface area contributed by atoms with E-state index in [2.05, 4.69) is 61.8 Å². The van der Waals surface area contributed by atoms with Gasteiger partial charge in [0.1, 0.15) is 11.2 Å². The molecule has 260 valence electrons. The molecule has 50 heavy (non-hydrogen) atoms. The first kappa shape index (κ1) is 35.0. The summed E-state index contributed by atoms with van der Waals surface area (Å²) >= 11 is 0. The lowest BCUT2D eigenvalue weighted by Crippen LogP contribution is -2.25. The first-order valence-electron chi connectivity index (χ1n) is 18.6. The highest BCUT2D eigenvalue weighted by Gasteiger charge is 2.15. The van der Waals surface area contributed by atoms with E-state index < -0.39 is 0 Å². The number of fused-ring (bicyclic) bond motifs is 3. The zero-order valence-corrected chi connectivity index (χ0v) is 30.1. The summed E-state index contributed by atoms with van der Waals surface area (Å²) in [6, 6.07) is 28.2. The highest BCUT2D eigenvalue weighted by Crippen LogP contribution is 2.31. The second-order valence-corrected chi connectivity index (χ2v) is 13.5. The molecule has 6 aromatic rings. The van der Waals surface area contributed by atoms with Gasteiger partial charge in [-0.3, -0.25) is 0 Å². The van der Waals surface area contributed by atoms with Gasteiger partial charge in [0.05, 0.1) is 11.1 Å². The SMILES string of the molecule is CCCCN(CCCC)c1ccc2cc(-c3ccc4ccc(-c5cc6ccc(N(CCCC)CCCC)cc6oc5=O)cc4c3)c(=O)oc2c1. The van der Waals surface area contributed by atoms with E-state index in [0.29, 0.717) is 22.3 Å². The minimum Gasteiger partial charge on any atom is -0.422 e. The molecule has 0 aliphatic carbocycles. The molecule has 0 fully saturated rings. The van der Waals surface area contributed by atoms with Crippen LogP contribution in [-0.2, 0) is 0 Å². The van der Waals surface area contributed by atoms with Crippen molar-refractivity contribution in [3.05, 3.63) is 106 Å². The Bertz CT molecular complexity index is 2030. The number of hydrogen-bond acceptors (Lipinski definition) is 6. The highest BCUT2D eigenvalue weighted by molar-refractivity contribution is 5.93. The van der Waals surface area contributed by atoms with Gasteiger partial charge >= 0.3 is 11.3 Å². The van der Waals surface area contributed by atoms with Gasteiger partial charge in [0.15, 0.2) is 0 Å². The maximum absolute atomic E-state index is 13.4. The molecule has 0 aliphatic rings. The Morgan fingerprint density at radius 3 is 1.20 bits per heavy atom. The summed E-state index contributed by atoms with van der Waals surface area (Å²) in [4.78, 5) is 31.6. The van der Waals surface area contributed by atoms with Gasteiger partial charge in [0.25, 0.3) is 0 Å². The molecule has 0 saturated heterocycles. The molecule has 6 heteroatoms. The van der Waals surface area contributed by atoms with Gasteiger partial charge < -0.3 is 18.6 Å². The predicted molar refractivity (Wildman–Crippen MR) is 211 cm³/mol. The lowest BCUT2D eigenvalue weighted by atomic mass is 9.98. The average molecular weight is 671 g/mol. The summed E-state index contributed by atoms with van der Waals surface area (Å²) in [5.74, 6) is 0. The topological polar surface area (TPSA) is 66.9 Å². The summed E-state index contributed by atoms with van der Waals surface area (Å²) < 4.78 is 11.9. The van der Waals surface area contributed by atoms with Crippen molar-refractivity contribution in [2.75, 3.05) is 36.0 Å². The quantitative estimate of drug-likeness (QED) is 0.0955. The van der Waals surface area contributed by atoms with E-state index in [1.165, 1.54) is 0 Å². The van der Waals surface area contributed by atoms with Gasteiger partial charge in [-0.15, -0.1) is 0 Å². The van der Waals surface area contributed by atoms with Crippen molar-refractivity contribution in [1.82, 2.24) is 0 Å². The number of rotatable bonds is 16. The average Bonchev–Trinajstić information content (AvgIpc) is 3.13. The first-order chi connectivity index (χ1) is 24.4. The molecule has 0 spiro atoms. The predicted octanol–water partition coefficient (Wildman–Crippen LogP) is 11.2. The van der Waals surface area contributed by atoms with Crippen molar-refractivity contribution >= 4 is 44.1 Å². The molecule has 0 amide bonds. The highest BCUT2D eigenvalue weighted by atomic mass is 16.4. The van der Waals surface area contributed by atoms with E-state index in [-0.39, 0.29) is 11.3 Å². The molecule has 0 N–H and O–H groups in total. The third-order valence-electron chi connectivity index (χ3n) is 9.76. The van der Waals surface area contributed by atoms with Crippen molar-refractivity contribution in [3.63, 3.8) is 0 Å². The van der Waals surface area contributed by atoms with Crippen molar-refractivity contribution in [1.29, 1.82) is 0 Å². The standard InChI is InChI=1S/C44H50N2O4/c1-5-9-21-45(22-10-6-2)37-19-17-34-27-39(43(47)49-41(34)29-37)32-15-13-31-14-16-33(26-36(31)25-32)40-28-35-18-20-38(30-42(35)50-44(40)48)46(23-11-7-3)24-12-8-4/h13-20,25-30H,5-12,21-24H2,1-4H3. The Morgan fingerprint density at radius 2 is 0.820 bits per heavy atom. The minimum absolute atomic E-state index is 0.365. The summed E-state index contributed by atoms with van der Waals surface area (Å²) in [7, 11) is 0. The molecule has 6 rings (SSSR count). The molecule has 0 aliphatic heterocycles. The lowest BCUT2D eigenvalue weighted by molar-refractivity contribution is 0.563. The Hall–Kier alpha value is -4.84. The second kappa shape index (κ2) is 16.2. The molecular formula is C44H50N2O4. The monoisotopic (exact) mass is 670 g/mol. The number of anilines is 2. The maximum atomic E-state index is 13.4. The van der Waals surface area contributed by atoms with Gasteiger partial charge in [-0.05, 0) is 96.1 Å². The van der Waals surface area contributed by atoms with Gasteiger partial charge in [0, 0.05) is 60.5 Å². The van der Waals surface area contributed by atoms with Crippen LogP contribution in [0.4, 0.5) is 11.4 Å². The molecule has 0 bridgehead atoms. The van der Waals surface area contributed by atoms with Gasteiger partial charge in [0.2, 0.25) is 0 Å². The van der Waals surface area contributed by atoms with E-state index >= 15 is 0 Å². The summed E-state index contributed by atoms with van der Waals surface area (Å²) in [6.45, 7) is 12.8. The van der Waals surface area contributed by atoms with E-state index in [9.17, 15) is 9.59 Å². The van der Waals surface area contributed by atoms with Gasteiger partial charge in [-0.25, -0.2) is 9.59 Å². The van der Waals surface area contributed by atoms with Gasteiger partial charge in [-0.2, -0.15) is 0 Å². The van der Waals surface area contributed by atoms with Crippen molar-refractivity contribution in [3.8, 4) is 22.3 Å². The molecule has 0 saturated carbocycles. The van der Waals surface area contributed by atoms with Crippen LogP contribution in [0.5, 0.6) is 0 Å². The van der Waals surface area contributed by atoms with Crippen LogP contribution in [0.3, 0.4) is 0 Å². The third-order valence-corrected chi connectivity index (χ3v) is 9.76. The fourth-order valence-electron chi connectivity index (χ4n) is 6.71. The van der Waals surface area contributed by atoms with E-state index in [1.54, 1.807) is 0 Å². The van der Waals surface area contributed by atoms with Crippen LogP contribution >= 0.6 is 0 Å². The van der Waals surface area contributed by atoms with Crippen LogP contribution in [0, 0.1) is 0 Å². The zero-order chi connectivity index (χ0) is 35.0. The van der Waals surface area contributed by atoms with Crippen molar-refractivity contribution < 1.29 is 8.83 Å². The maximum Gasteiger partial charge on any atom is 0.344 e. The van der Waals surface area contributed by atoms with Crippen LogP contribution in [0.25, 0.3) is 55.0 Å². The second-order valence-electron chi connectivity index (χ2n) is 13.5. The van der Waals surface area contributed by atoms with Crippen LogP contribution in [-0.4, -0.2) is 26.2 Å². The molecule has 0 atom stereocenters. The summed E-state index contributed by atoms with van der Waals surface area (Å²) in [5.41, 5.74) is 5.22. The van der Waals surface area contributed by atoms with Gasteiger partial charge in [-0.1, -0.05) is 77.6 Å². The number of benzene rings is 4. The molecule has 6 nitrogen and oxygen atoms in total. The number of hydrogen-bond donors (Lipinski definition) is 0. The summed E-state index contributed by atoms with van der Waals surface area (Å²) in [5, 5.41) is 3.72. The normalized spacial score (nSPS) is 11.5. The van der Waals surface area contributed by atoms with Crippen molar-refractivity contribution in [2.45, 2.75) is 79.1 Å². The van der Waals surface area contributed by atoms with Crippen molar-refractivity contribution in [2.24, 2.45) is 0 Å². The number of nitrogens with zero attached hydrogens (tertiary/aromatic N) is 2. The Balaban J connectivity index is 1.31. The lowest BCUT2D eigenvalue weighted by Gasteiger charge is -2.24. The molecule has 0 radical (unpaired) electrons. The largest absolute Gasteiger partial charge is 0.422 e. The number of unbranched alkanes of at least 4 members (excludes halogenated alkanes) is 4. The third kappa shape index (κ3) is 7.80. The van der Waals surface area contributed by atoms with E-state index in [4.69, 9.17) is 8.83 Å². The van der Waals surface area contributed by atoms with Crippen LogP contribution < -0.4 is 21.1 Å². The van der Waals surface area contributed by atoms with E-state index in [1.807, 2.05) is 60.7 Å². The molecule has 2 heterocycles. The van der Waals surface area contributed by atoms with Crippen LogP contribution in [0.1, 0.15) is 79.1 Å². The van der Waals surface area contributed by atoms with E-state index in [0.717, 1.165) is 122 Å². The van der Waals surface area contributed by atoms with Crippen LogP contribution in [0.2, 0.25) is 0 Å². The summed E-state index contributed by atoms with van der Waals surface area (Å²) in [6.07, 6.45) is 9.03. The first-order valence-corrected chi connectivity index (χ1v) is 18.6. The molecule has 0 unspecified atom stereocenters. The fourth-order valence-corrected chi connectivity index (χ4v) is 6.71.